The molecule has 120 valence electrons. The van der Waals surface area contributed by atoms with Crippen molar-refractivity contribution >= 4 is 21.7 Å². The van der Waals surface area contributed by atoms with Crippen molar-refractivity contribution in [3.8, 4) is 0 Å². The second-order valence-electron chi connectivity index (χ2n) is 5.59. The summed E-state index contributed by atoms with van der Waals surface area (Å²) < 4.78 is 22.7. The zero-order chi connectivity index (χ0) is 16.2. The zero-order valence-electron chi connectivity index (χ0n) is 12.5. The van der Waals surface area contributed by atoms with Crippen LogP contribution in [-0.4, -0.2) is 38.3 Å². The summed E-state index contributed by atoms with van der Waals surface area (Å²) >= 11 is 0. The molecule has 2 N–H and O–H groups in total. The van der Waals surface area contributed by atoms with Gasteiger partial charge in [-0.15, -0.1) is 0 Å². The summed E-state index contributed by atoms with van der Waals surface area (Å²) in [5.41, 5.74) is 1.43. The molecule has 1 heterocycles. The number of carbonyl (C=O) groups is 2. The molecule has 2 rings (SSSR count). The van der Waals surface area contributed by atoms with Gasteiger partial charge in [0, 0.05) is 25.6 Å². The Morgan fingerprint density at radius 3 is 2.41 bits per heavy atom. The fourth-order valence-electron chi connectivity index (χ4n) is 2.37. The van der Waals surface area contributed by atoms with E-state index in [0.717, 1.165) is 5.56 Å². The lowest BCUT2D eigenvalue weighted by atomic mass is 10.1. The molecule has 1 aliphatic heterocycles. The van der Waals surface area contributed by atoms with Crippen LogP contribution in [0, 0.1) is 5.92 Å². The van der Waals surface area contributed by atoms with Crippen molar-refractivity contribution in [1.82, 2.24) is 10.6 Å². The van der Waals surface area contributed by atoms with E-state index in [4.69, 9.17) is 0 Å². The second kappa shape index (κ2) is 6.91. The summed E-state index contributed by atoms with van der Waals surface area (Å²) in [5.74, 6) is 0.0608. The van der Waals surface area contributed by atoms with Crippen LogP contribution < -0.4 is 10.6 Å². The molecule has 6 nitrogen and oxygen atoms in total. The highest BCUT2D eigenvalue weighted by atomic mass is 32.2. The average molecular weight is 324 g/mol. The number of sulfone groups is 1. The summed E-state index contributed by atoms with van der Waals surface area (Å²) in [4.78, 5) is 22.8. The van der Waals surface area contributed by atoms with E-state index < -0.39 is 9.84 Å². The summed E-state index contributed by atoms with van der Waals surface area (Å²) in [7, 11) is -2.91. The summed E-state index contributed by atoms with van der Waals surface area (Å²) in [6, 6.07) is 6.95. The number of hydrogen-bond donors (Lipinski definition) is 2. The van der Waals surface area contributed by atoms with Crippen molar-refractivity contribution in [2.24, 2.45) is 5.92 Å². The van der Waals surface area contributed by atoms with E-state index in [2.05, 4.69) is 10.6 Å². The number of carbonyl (C=O) groups excluding carboxylic acids is 2. The minimum atomic E-state index is -2.91. The monoisotopic (exact) mass is 324 g/mol. The van der Waals surface area contributed by atoms with Gasteiger partial charge < -0.3 is 10.6 Å². The third-order valence-electron chi connectivity index (χ3n) is 3.64. The SMILES string of the molecule is CC(=O)NCc1ccc(C(=O)NC[C@@H]2CCS(=O)(=O)C2)cc1. The van der Waals surface area contributed by atoms with Crippen LogP contribution in [0.4, 0.5) is 0 Å². The quantitative estimate of drug-likeness (QED) is 0.824. The molecular formula is C15H20N2O4S. The van der Waals surface area contributed by atoms with Gasteiger partial charge in [-0.05, 0) is 30.0 Å². The molecule has 1 aliphatic rings. The lowest BCUT2D eigenvalue weighted by Gasteiger charge is -2.10. The van der Waals surface area contributed by atoms with Crippen LogP contribution in [-0.2, 0) is 21.2 Å². The number of nitrogens with one attached hydrogen (secondary N) is 2. The van der Waals surface area contributed by atoms with Crippen LogP contribution >= 0.6 is 0 Å². The second-order valence-corrected chi connectivity index (χ2v) is 7.81. The normalized spacial score (nSPS) is 19.6. The molecule has 2 amide bonds. The molecule has 1 saturated heterocycles. The van der Waals surface area contributed by atoms with Crippen molar-refractivity contribution in [3.63, 3.8) is 0 Å². The van der Waals surface area contributed by atoms with E-state index >= 15 is 0 Å². The van der Waals surface area contributed by atoms with Gasteiger partial charge in [-0.3, -0.25) is 9.59 Å². The van der Waals surface area contributed by atoms with Gasteiger partial charge in [-0.1, -0.05) is 12.1 Å². The highest BCUT2D eigenvalue weighted by molar-refractivity contribution is 7.91. The van der Waals surface area contributed by atoms with Crippen LogP contribution in [0.1, 0.15) is 29.3 Å². The molecule has 0 bridgehead atoms. The fraction of sp³-hybridized carbons (Fsp3) is 0.467. The Kier molecular flexibility index (Phi) is 5.18. The molecule has 0 spiro atoms. The van der Waals surface area contributed by atoms with E-state index in [1.54, 1.807) is 24.3 Å². The first kappa shape index (κ1) is 16.5. The lowest BCUT2D eigenvalue weighted by molar-refractivity contribution is -0.119. The van der Waals surface area contributed by atoms with Crippen molar-refractivity contribution < 1.29 is 18.0 Å². The van der Waals surface area contributed by atoms with E-state index in [-0.39, 0.29) is 29.2 Å². The molecule has 1 aromatic carbocycles. The first-order valence-electron chi connectivity index (χ1n) is 7.18. The molecule has 22 heavy (non-hydrogen) atoms. The smallest absolute Gasteiger partial charge is 0.251 e. The molecule has 7 heteroatoms. The van der Waals surface area contributed by atoms with Crippen molar-refractivity contribution in [2.45, 2.75) is 19.9 Å². The Bertz CT molecular complexity index is 653. The minimum Gasteiger partial charge on any atom is -0.352 e. The largest absolute Gasteiger partial charge is 0.352 e. The standard InChI is InChI=1S/C15H20N2O4S/c1-11(18)16-8-12-2-4-14(5-3-12)15(19)17-9-13-6-7-22(20,21)10-13/h2-5,13H,6-10H2,1H3,(H,16,18)(H,17,19)/t13-/m0/s1. The van der Waals surface area contributed by atoms with Gasteiger partial charge in [0.15, 0.2) is 9.84 Å². The van der Waals surface area contributed by atoms with Crippen molar-refractivity contribution in [2.75, 3.05) is 18.1 Å². The van der Waals surface area contributed by atoms with Crippen LogP contribution in [0.5, 0.6) is 0 Å². The topological polar surface area (TPSA) is 92.3 Å². The Morgan fingerprint density at radius 1 is 1.18 bits per heavy atom. The Hall–Kier alpha value is -1.89. The molecular weight excluding hydrogens is 304 g/mol. The van der Waals surface area contributed by atoms with Crippen LogP contribution in [0.2, 0.25) is 0 Å². The highest BCUT2D eigenvalue weighted by Gasteiger charge is 2.27. The molecule has 1 fully saturated rings. The lowest BCUT2D eigenvalue weighted by Crippen LogP contribution is -2.29. The van der Waals surface area contributed by atoms with E-state index in [1.807, 2.05) is 0 Å². The van der Waals surface area contributed by atoms with Gasteiger partial charge in [-0.2, -0.15) is 0 Å². The van der Waals surface area contributed by atoms with Gasteiger partial charge in [0.05, 0.1) is 11.5 Å². The van der Waals surface area contributed by atoms with Gasteiger partial charge in [-0.25, -0.2) is 8.42 Å². The highest BCUT2D eigenvalue weighted by Crippen LogP contribution is 2.17. The van der Waals surface area contributed by atoms with Crippen LogP contribution in [0.15, 0.2) is 24.3 Å². The summed E-state index contributed by atoms with van der Waals surface area (Å²) in [6.07, 6.45) is 0.609. The third kappa shape index (κ3) is 4.84. The molecule has 1 atom stereocenters. The van der Waals surface area contributed by atoms with Crippen LogP contribution in [0.3, 0.4) is 0 Å². The van der Waals surface area contributed by atoms with E-state index in [1.165, 1.54) is 6.92 Å². The number of benzene rings is 1. The van der Waals surface area contributed by atoms with Crippen molar-refractivity contribution in [3.05, 3.63) is 35.4 Å². The maximum atomic E-state index is 12.0. The van der Waals surface area contributed by atoms with Gasteiger partial charge in [0.2, 0.25) is 5.91 Å². The summed E-state index contributed by atoms with van der Waals surface area (Å²) in [5, 5.41) is 5.46. The predicted octanol–water partition coefficient (Wildman–Crippen LogP) is 0.487. The fourth-order valence-corrected chi connectivity index (χ4v) is 4.23. The minimum absolute atomic E-state index is 0.00740. The molecule has 1 aromatic rings. The number of hydrogen-bond acceptors (Lipinski definition) is 4. The molecule has 0 aliphatic carbocycles. The van der Waals surface area contributed by atoms with E-state index in [0.29, 0.717) is 25.1 Å². The Balaban J connectivity index is 1.83. The predicted molar refractivity (Wildman–Crippen MR) is 83.1 cm³/mol. The first-order chi connectivity index (χ1) is 10.4. The van der Waals surface area contributed by atoms with Gasteiger partial charge >= 0.3 is 0 Å². The van der Waals surface area contributed by atoms with Gasteiger partial charge in [0.25, 0.3) is 5.91 Å². The van der Waals surface area contributed by atoms with Crippen LogP contribution in [0.25, 0.3) is 0 Å². The van der Waals surface area contributed by atoms with Crippen molar-refractivity contribution in [1.29, 1.82) is 0 Å². The Morgan fingerprint density at radius 2 is 1.86 bits per heavy atom. The average Bonchev–Trinajstić information content (AvgIpc) is 2.82. The number of amides is 2. The number of rotatable bonds is 5. The maximum Gasteiger partial charge on any atom is 0.251 e. The molecule has 0 radical (unpaired) electrons. The first-order valence-corrected chi connectivity index (χ1v) is 9.00. The molecule has 0 saturated carbocycles. The maximum absolute atomic E-state index is 12.0. The molecule has 0 unspecified atom stereocenters. The Labute approximate surface area is 130 Å². The molecule has 0 aromatic heterocycles. The summed E-state index contributed by atoms with van der Waals surface area (Å²) in [6.45, 7) is 2.26. The zero-order valence-corrected chi connectivity index (χ0v) is 13.3. The van der Waals surface area contributed by atoms with Gasteiger partial charge in [0.1, 0.15) is 0 Å². The third-order valence-corrected chi connectivity index (χ3v) is 5.47. The van der Waals surface area contributed by atoms with E-state index in [9.17, 15) is 18.0 Å².